The Morgan fingerprint density at radius 3 is 2.14 bits per heavy atom. The SMILES string of the molecule is Cc1cc(F)cc(C)c1S(=O)(=O)N1CCN(CCN)CC1. The highest BCUT2D eigenvalue weighted by atomic mass is 32.2. The maximum Gasteiger partial charge on any atom is 0.243 e. The topological polar surface area (TPSA) is 66.6 Å². The predicted molar refractivity (Wildman–Crippen MR) is 80.1 cm³/mol. The van der Waals surface area contributed by atoms with Gasteiger partial charge in [0.1, 0.15) is 5.82 Å². The quantitative estimate of drug-likeness (QED) is 0.888. The highest BCUT2D eigenvalue weighted by Crippen LogP contribution is 2.25. The Kier molecular flexibility index (Phi) is 4.98. The second kappa shape index (κ2) is 6.39. The molecule has 1 saturated heterocycles. The van der Waals surface area contributed by atoms with Crippen molar-refractivity contribution in [3.05, 3.63) is 29.1 Å². The number of benzene rings is 1. The second-order valence-corrected chi connectivity index (χ2v) is 7.28. The molecule has 0 unspecified atom stereocenters. The number of hydrogen-bond acceptors (Lipinski definition) is 4. The van der Waals surface area contributed by atoms with Gasteiger partial charge >= 0.3 is 0 Å². The van der Waals surface area contributed by atoms with Gasteiger partial charge in [0.05, 0.1) is 4.90 Å². The maximum atomic E-state index is 13.3. The maximum absolute atomic E-state index is 13.3. The van der Waals surface area contributed by atoms with Crippen LogP contribution in [0.5, 0.6) is 0 Å². The number of rotatable bonds is 4. The van der Waals surface area contributed by atoms with Gasteiger partial charge in [-0.1, -0.05) is 0 Å². The lowest BCUT2D eigenvalue weighted by Crippen LogP contribution is -2.49. The van der Waals surface area contributed by atoms with Crippen LogP contribution in [0.1, 0.15) is 11.1 Å². The first-order valence-corrected chi connectivity index (χ1v) is 8.49. The highest BCUT2D eigenvalue weighted by molar-refractivity contribution is 7.89. The van der Waals surface area contributed by atoms with Crippen molar-refractivity contribution in [1.29, 1.82) is 0 Å². The van der Waals surface area contributed by atoms with Gasteiger partial charge in [-0.3, -0.25) is 4.90 Å². The Balaban J connectivity index is 2.24. The van der Waals surface area contributed by atoms with Gasteiger partial charge in [-0.25, -0.2) is 12.8 Å². The van der Waals surface area contributed by atoms with Crippen LogP contribution in [0.25, 0.3) is 0 Å². The van der Waals surface area contributed by atoms with Gasteiger partial charge in [-0.05, 0) is 37.1 Å². The van der Waals surface area contributed by atoms with Crippen molar-refractivity contribution in [3.63, 3.8) is 0 Å². The first-order valence-electron chi connectivity index (χ1n) is 7.05. The summed E-state index contributed by atoms with van der Waals surface area (Å²) in [6.45, 7) is 6.86. The summed E-state index contributed by atoms with van der Waals surface area (Å²) in [4.78, 5) is 2.38. The molecule has 0 aromatic heterocycles. The van der Waals surface area contributed by atoms with E-state index in [1.54, 1.807) is 13.8 Å². The largest absolute Gasteiger partial charge is 0.329 e. The number of halogens is 1. The van der Waals surface area contributed by atoms with Crippen LogP contribution in [0.4, 0.5) is 4.39 Å². The van der Waals surface area contributed by atoms with Crippen LogP contribution >= 0.6 is 0 Å². The summed E-state index contributed by atoms with van der Waals surface area (Å²) >= 11 is 0. The molecule has 2 rings (SSSR count). The zero-order valence-electron chi connectivity index (χ0n) is 12.5. The Morgan fingerprint density at radius 1 is 1.14 bits per heavy atom. The van der Waals surface area contributed by atoms with Crippen LogP contribution in [0.3, 0.4) is 0 Å². The van der Waals surface area contributed by atoms with E-state index in [1.165, 1.54) is 16.4 Å². The average molecular weight is 315 g/mol. The van der Waals surface area contributed by atoms with Crippen LogP contribution in [0.2, 0.25) is 0 Å². The molecular weight excluding hydrogens is 293 g/mol. The van der Waals surface area contributed by atoms with E-state index in [4.69, 9.17) is 5.73 Å². The molecule has 2 N–H and O–H groups in total. The molecule has 21 heavy (non-hydrogen) atoms. The lowest BCUT2D eigenvalue weighted by Gasteiger charge is -2.34. The third kappa shape index (κ3) is 3.42. The molecule has 0 bridgehead atoms. The molecule has 1 aliphatic heterocycles. The highest BCUT2D eigenvalue weighted by Gasteiger charge is 2.30. The standard InChI is InChI=1S/C14H22FN3O2S/c1-11-9-13(15)10-12(2)14(11)21(19,20)18-7-5-17(4-3-16)6-8-18/h9-10H,3-8,16H2,1-2H3. The first kappa shape index (κ1) is 16.4. The molecule has 0 spiro atoms. The first-order chi connectivity index (χ1) is 9.86. The molecule has 0 amide bonds. The number of piperazine rings is 1. The Bertz CT molecular complexity index is 588. The molecule has 5 nitrogen and oxygen atoms in total. The number of nitrogens with two attached hydrogens (primary N) is 1. The van der Waals surface area contributed by atoms with Crippen molar-refractivity contribution in [2.45, 2.75) is 18.7 Å². The van der Waals surface area contributed by atoms with E-state index >= 15 is 0 Å². The van der Waals surface area contributed by atoms with E-state index in [0.717, 1.165) is 6.54 Å². The van der Waals surface area contributed by atoms with E-state index in [-0.39, 0.29) is 4.90 Å². The molecule has 0 saturated carbocycles. The summed E-state index contributed by atoms with van der Waals surface area (Å²) in [5, 5.41) is 0. The van der Waals surface area contributed by atoms with Crippen molar-refractivity contribution < 1.29 is 12.8 Å². The Labute approximate surface area is 125 Å². The van der Waals surface area contributed by atoms with Crippen molar-refractivity contribution in [2.75, 3.05) is 39.3 Å². The second-order valence-electron chi connectivity index (χ2n) is 5.40. The Morgan fingerprint density at radius 2 is 1.67 bits per heavy atom. The fourth-order valence-electron chi connectivity index (χ4n) is 2.81. The monoisotopic (exact) mass is 315 g/mol. The van der Waals surface area contributed by atoms with Crippen LogP contribution in [-0.4, -0.2) is 56.9 Å². The van der Waals surface area contributed by atoms with Crippen LogP contribution < -0.4 is 5.73 Å². The molecule has 1 heterocycles. The van der Waals surface area contributed by atoms with Gasteiger partial charge in [0.2, 0.25) is 10.0 Å². The van der Waals surface area contributed by atoms with Gasteiger partial charge in [-0.2, -0.15) is 4.31 Å². The molecular formula is C14H22FN3O2S. The van der Waals surface area contributed by atoms with Crippen LogP contribution in [0, 0.1) is 19.7 Å². The average Bonchev–Trinajstić information content (AvgIpc) is 2.38. The minimum Gasteiger partial charge on any atom is -0.329 e. The summed E-state index contributed by atoms with van der Waals surface area (Å²) in [6.07, 6.45) is 0. The minimum atomic E-state index is -3.57. The zero-order chi connectivity index (χ0) is 15.6. The summed E-state index contributed by atoms with van der Waals surface area (Å²) in [5.74, 6) is -0.406. The van der Waals surface area contributed by atoms with E-state index in [9.17, 15) is 12.8 Å². The minimum absolute atomic E-state index is 0.233. The van der Waals surface area contributed by atoms with Gasteiger partial charge in [0, 0.05) is 39.3 Å². The Hall–Kier alpha value is -1.02. The number of nitrogens with zero attached hydrogens (tertiary/aromatic N) is 2. The third-order valence-corrected chi connectivity index (χ3v) is 6.00. The number of sulfonamides is 1. The summed E-state index contributed by atoms with van der Waals surface area (Å²) in [6, 6.07) is 2.54. The molecule has 1 fully saturated rings. The fraction of sp³-hybridized carbons (Fsp3) is 0.571. The molecule has 1 aliphatic rings. The van der Waals surface area contributed by atoms with E-state index in [2.05, 4.69) is 4.90 Å². The van der Waals surface area contributed by atoms with E-state index in [1.807, 2.05) is 0 Å². The van der Waals surface area contributed by atoms with E-state index in [0.29, 0.717) is 43.9 Å². The molecule has 0 aliphatic carbocycles. The summed E-state index contributed by atoms with van der Waals surface area (Å²) < 4.78 is 40.4. The molecule has 1 aromatic rings. The summed E-state index contributed by atoms with van der Waals surface area (Å²) in [7, 11) is -3.57. The number of aryl methyl sites for hydroxylation is 2. The van der Waals surface area contributed by atoms with Gasteiger partial charge in [0.25, 0.3) is 0 Å². The lowest BCUT2D eigenvalue weighted by atomic mass is 10.1. The molecule has 7 heteroatoms. The molecule has 118 valence electrons. The zero-order valence-corrected chi connectivity index (χ0v) is 13.3. The predicted octanol–water partition coefficient (Wildman–Crippen LogP) is 0.708. The summed E-state index contributed by atoms with van der Waals surface area (Å²) in [5.41, 5.74) is 6.43. The van der Waals surface area contributed by atoms with Crippen molar-refractivity contribution >= 4 is 10.0 Å². The van der Waals surface area contributed by atoms with Crippen LogP contribution in [-0.2, 0) is 10.0 Å². The fourth-order valence-corrected chi connectivity index (χ4v) is 4.64. The normalized spacial score (nSPS) is 18.1. The molecule has 0 radical (unpaired) electrons. The lowest BCUT2D eigenvalue weighted by molar-refractivity contribution is 0.192. The van der Waals surface area contributed by atoms with Gasteiger partial charge in [-0.15, -0.1) is 0 Å². The molecule has 0 atom stereocenters. The smallest absolute Gasteiger partial charge is 0.243 e. The molecule has 1 aromatic carbocycles. The van der Waals surface area contributed by atoms with Gasteiger partial charge < -0.3 is 5.73 Å². The van der Waals surface area contributed by atoms with Crippen LogP contribution in [0.15, 0.2) is 17.0 Å². The number of hydrogen-bond donors (Lipinski definition) is 1. The van der Waals surface area contributed by atoms with E-state index < -0.39 is 15.8 Å². The van der Waals surface area contributed by atoms with Crippen molar-refractivity contribution in [3.8, 4) is 0 Å². The van der Waals surface area contributed by atoms with Crippen molar-refractivity contribution in [1.82, 2.24) is 9.21 Å². The van der Waals surface area contributed by atoms with Gasteiger partial charge in [0.15, 0.2) is 0 Å². The van der Waals surface area contributed by atoms with Crippen molar-refractivity contribution in [2.24, 2.45) is 5.73 Å². The third-order valence-electron chi connectivity index (χ3n) is 3.80.